The molecule has 0 spiro atoms. The van der Waals surface area contributed by atoms with E-state index in [-0.39, 0.29) is 5.91 Å². The predicted molar refractivity (Wildman–Crippen MR) is 102 cm³/mol. The van der Waals surface area contributed by atoms with Crippen molar-refractivity contribution >= 4 is 5.91 Å². The average molecular weight is 366 g/mol. The molecule has 0 saturated carbocycles. The molecule has 0 unspecified atom stereocenters. The van der Waals surface area contributed by atoms with E-state index in [0.717, 1.165) is 17.1 Å². The first-order valence-corrected chi connectivity index (χ1v) is 8.56. The third-order valence-electron chi connectivity index (χ3n) is 4.27. The summed E-state index contributed by atoms with van der Waals surface area (Å²) in [6.07, 6.45) is 5.30. The Labute approximate surface area is 158 Å². The topological polar surface area (TPSA) is 78.3 Å². The van der Waals surface area contributed by atoms with Crippen LogP contribution in [0.5, 0.6) is 11.5 Å². The van der Waals surface area contributed by atoms with Crippen LogP contribution in [0.4, 0.5) is 0 Å². The lowest BCUT2D eigenvalue weighted by atomic mass is 10.1. The number of nitrogens with one attached hydrogen (secondary N) is 1. The van der Waals surface area contributed by atoms with Crippen LogP contribution < -0.4 is 14.8 Å². The molecule has 3 aromatic rings. The van der Waals surface area contributed by atoms with Crippen molar-refractivity contribution in [1.29, 1.82) is 0 Å². The molecule has 2 heterocycles. The summed E-state index contributed by atoms with van der Waals surface area (Å²) in [4.78, 5) is 21.0. The Bertz CT molecular complexity index is 922. The van der Waals surface area contributed by atoms with E-state index in [2.05, 4.69) is 19.9 Å². The number of hydrogen-bond donors (Lipinski definition) is 1. The molecule has 27 heavy (non-hydrogen) atoms. The van der Waals surface area contributed by atoms with Crippen LogP contribution in [0.25, 0.3) is 11.4 Å². The van der Waals surface area contributed by atoms with Gasteiger partial charge in [-0.2, -0.15) is 0 Å². The van der Waals surface area contributed by atoms with E-state index >= 15 is 0 Å². The van der Waals surface area contributed by atoms with E-state index in [0.29, 0.717) is 30.2 Å². The van der Waals surface area contributed by atoms with Crippen LogP contribution in [0.3, 0.4) is 0 Å². The van der Waals surface area contributed by atoms with Gasteiger partial charge >= 0.3 is 0 Å². The molecule has 0 saturated heterocycles. The van der Waals surface area contributed by atoms with Gasteiger partial charge in [0.15, 0.2) is 0 Å². The highest BCUT2D eigenvalue weighted by Gasteiger charge is 2.14. The van der Waals surface area contributed by atoms with Crippen molar-refractivity contribution in [3.05, 3.63) is 60.2 Å². The van der Waals surface area contributed by atoms with Crippen molar-refractivity contribution in [2.45, 2.75) is 13.5 Å². The van der Waals surface area contributed by atoms with Crippen LogP contribution in [-0.4, -0.2) is 41.2 Å². The molecule has 0 aliphatic carbocycles. The molecule has 0 aliphatic rings. The Hall–Kier alpha value is -3.35. The average Bonchev–Trinajstić information content (AvgIpc) is 3.08. The number of rotatable bonds is 7. The van der Waals surface area contributed by atoms with Gasteiger partial charge in [0.05, 0.1) is 19.8 Å². The van der Waals surface area contributed by atoms with Crippen molar-refractivity contribution < 1.29 is 14.3 Å². The quantitative estimate of drug-likeness (QED) is 0.696. The normalized spacial score (nSPS) is 10.5. The van der Waals surface area contributed by atoms with Gasteiger partial charge in [0, 0.05) is 49.0 Å². The highest BCUT2D eigenvalue weighted by Crippen LogP contribution is 2.24. The standard InChI is InChI=1S/C20H22N4O3/c1-14-13-23-19(15-6-8-21-9-7-15)24(14)11-10-22-20(25)17-5-4-16(26-2)12-18(17)27-3/h4-9,12-13H,10-11H2,1-3H3,(H,22,25). The first kappa shape index (κ1) is 18.4. The Balaban J connectivity index is 1.69. The molecule has 0 radical (unpaired) electrons. The number of aromatic nitrogens is 3. The number of carbonyl (C=O) groups is 1. The number of hydrogen-bond acceptors (Lipinski definition) is 5. The Morgan fingerprint density at radius 1 is 1.15 bits per heavy atom. The SMILES string of the molecule is COc1ccc(C(=O)NCCn2c(C)cnc2-c2ccncc2)c(OC)c1. The first-order chi connectivity index (χ1) is 13.1. The Morgan fingerprint density at radius 3 is 2.63 bits per heavy atom. The van der Waals surface area contributed by atoms with Gasteiger partial charge in [0.2, 0.25) is 0 Å². The molecule has 0 aliphatic heterocycles. The lowest BCUT2D eigenvalue weighted by molar-refractivity contribution is 0.0949. The zero-order valence-corrected chi connectivity index (χ0v) is 15.6. The summed E-state index contributed by atoms with van der Waals surface area (Å²) in [5, 5.41) is 2.93. The summed E-state index contributed by atoms with van der Waals surface area (Å²) in [6, 6.07) is 8.95. The van der Waals surface area contributed by atoms with Crippen molar-refractivity contribution in [3.63, 3.8) is 0 Å². The molecule has 0 atom stereocenters. The van der Waals surface area contributed by atoms with Crippen LogP contribution >= 0.6 is 0 Å². The molecule has 3 rings (SSSR count). The van der Waals surface area contributed by atoms with Gasteiger partial charge in [-0.15, -0.1) is 0 Å². The minimum absolute atomic E-state index is 0.197. The second-order valence-electron chi connectivity index (χ2n) is 5.93. The lowest BCUT2D eigenvalue weighted by Gasteiger charge is -2.13. The number of ether oxygens (including phenoxy) is 2. The summed E-state index contributed by atoms with van der Waals surface area (Å²) >= 11 is 0. The van der Waals surface area contributed by atoms with Crippen LogP contribution in [0.2, 0.25) is 0 Å². The minimum atomic E-state index is -0.197. The number of imidazole rings is 1. The van der Waals surface area contributed by atoms with E-state index in [9.17, 15) is 4.79 Å². The third-order valence-corrected chi connectivity index (χ3v) is 4.27. The fraction of sp³-hybridized carbons (Fsp3) is 0.250. The lowest BCUT2D eigenvalue weighted by Crippen LogP contribution is -2.28. The van der Waals surface area contributed by atoms with Crippen molar-refractivity contribution in [2.24, 2.45) is 0 Å². The van der Waals surface area contributed by atoms with Gasteiger partial charge in [0.1, 0.15) is 17.3 Å². The summed E-state index contributed by atoms with van der Waals surface area (Å²) in [5.74, 6) is 1.77. The molecule has 0 bridgehead atoms. The highest BCUT2D eigenvalue weighted by molar-refractivity contribution is 5.97. The highest BCUT2D eigenvalue weighted by atomic mass is 16.5. The van der Waals surface area contributed by atoms with Crippen molar-refractivity contribution in [2.75, 3.05) is 20.8 Å². The second-order valence-corrected chi connectivity index (χ2v) is 5.93. The maximum absolute atomic E-state index is 12.5. The molecule has 1 aromatic carbocycles. The number of aryl methyl sites for hydroxylation is 1. The van der Waals surface area contributed by atoms with Crippen LogP contribution in [0.1, 0.15) is 16.1 Å². The van der Waals surface area contributed by atoms with Gasteiger partial charge in [-0.25, -0.2) is 4.98 Å². The Morgan fingerprint density at radius 2 is 1.93 bits per heavy atom. The second kappa shape index (κ2) is 8.35. The fourth-order valence-electron chi connectivity index (χ4n) is 2.84. The number of methoxy groups -OCH3 is 2. The van der Waals surface area contributed by atoms with Gasteiger partial charge in [-0.1, -0.05) is 0 Å². The summed E-state index contributed by atoms with van der Waals surface area (Å²) < 4.78 is 12.5. The van der Waals surface area contributed by atoms with Gasteiger partial charge in [-0.05, 0) is 31.2 Å². The van der Waals surface area contributed by atoms with E-state index in [1.54, 1.807) is 37.7 Å². The maximum Gasteiger partial charge on any atom is 0.255 e. The zero-order chi connectivity index (χ0) is 19.2. The fourth-order valence-corrected chi connectivity index (χ4v) is 2.84. The molecular formula is C20H22N4O3. The number of pyridine rings is 1. The van der Waals surface area contributed by atoms with Gasteiger partial charge < -0.3 is 19.4 Å². The molecule has 7 nitrogen and oxygen atoms in total. The summed E-state index contributed by atoms with van der Waals surface area (Å²) in [5.41, 5.74) is 2.48. The summed E-state index contributed by atoms with van der Waals surface area (Å²) in [6.45, 7) is 3.06. The maximum atomic E-state index is 12.5. The minimum Gasteiger partial charge on any atom is -0.497 e. The van der Waals surface area contributed by atoms with Crippen molar-refractivity contribution in [1.82, 2.24) is 19.9 Å². The molecule has 2 aromatic heterocycles. The van der Waals surface area contributed by atoms with Crippen LogP contribution in [-0.2, 0) is 6.54 Å². The van der Waals surface area contributed by atoms with E-state index in [1.807, 2.05) is 25.3 Å². The van der Waals surface area contributed by atoms with E-state index < -0.39 is 0 Å². The van der Waals surface area contributed by atoms with E-state index in [4.69, 9.17) is 9.47 Å². The number of benzene rings is 1. The predicted octanol–water partition coefficient (Wildman–Crippen LogP) is 2.70. The molecule has 1 amide bonds. The monoisotopic (exact) mass is 366 g/mol. The number of nitrogens with zero attached hydrogens (tertiary/aromatic N) is 3. The van der Waals surface area contributed by atoms with Crippen LogP contribution in [0.15, 0.2) is 48.9 Å². The van der Waals surface area contributed by atoms with Crippen LogP contribution in [0, 0.1) is 6.92 Å². The molecule has 7 heteroatoms. The van der Waals surface area contributed by atoms with Gasteiger partial charge in [-0.3, -0.25) is 9.78 Å². The number of carbonyl (C=O) groups excluding carboxylic acids is 1. The number of amides is 1. The van der Waals surface area contributed by atoms with Crippen molar-refractivity contribution in [3.8, 4) is 22.9 Å². The largest absolute Gasteiger partial charge is 0.497 e. The third kappa shape index (κ3) is 4.08. The summed E-state index contributed by atoms with van der Waals surface area (Å²) in [7, 11) is 3.10. The van der Waals surface area contributed by atoms with E-state index in [1.165, 1.54) is 7.11 Å². The molecule has 1 N–H and O–H groups in total. The Kier molecular flexibility index (Phi) is 5.71. The smallest absolute Gasteiger partial charge is 0.255 e. The molecular weight excluding hydrogens is 344 g/mol. The zero-order valence-electron chi connectivity index (χ0n) is 15.6. The molecule has 0 fully saturated rings. The van der Waals surface area contributed by atoms with Gasteiger partial charge in [0.25, 0.3) is 5.91 Å². The first-order valence-electron chi connectivity index (χ1n) is 8.56. The molecule has 140 valence electrons.